The van der Waals surface area contributed by atoms with Crippen LogP contribution in [0.4, 0.5) is 0 Å². The predicted octanol–water partition coefficient (Wildman–Crippen LogP) is 1.51. The molecule has 18 heavy (non-hydrogen) atoms. The lowest BCUT2D eigenvalue weighted by atomic mass is 10.1. The molecule has 1 amide bonds. The van der Waals surface area contributed by atoms with Crippen LogP contribution >= 0.6 is 11.3 Å². The highest BCUT2D eigenvalue weighted by molar-refractivity contribution is 7.09. The van der Waals surface area contributed by atoms with Crippen molar-refractivity contribution >= 4 is 17.2 Å². The molecule has 2 N–H and O–H groups in total. The van der Waals surface area contributed by atoms with E-state index in [0.717, 1.165) is 31.5 Å². The van der Waals surface area contributed by atoms with Crippen LogP contribution in [0.15, 0.2) is 5.38 Å². The van der Waals surface area contributed by atoms with Crippen molar-refractivity contribution in [3.8, 4) is 0 Å². The molecular formula is C13H21N3OS. The summed E-state index contributed by atoms with van der Waals surface area (Å²) in [7, 11) is 0. The second-order valence-corrected chi connectivity index (χ2v) is 5.63. The summed E-state index contributed by atoms with van der Waals surface area (Å²) in [5, 5.41) is 9.57. The molecule has 0 spiro atoms. The van der Waals surface area contributed by atoms with Gasteiger partial charge in [0.1, 0.15) is 0 Å². The van der Waals surface area contributed by atoms with Crippen molar-refractivity contribution in [3.05, 3.63) is 16.1 Å². The van der Waals surface area contributed by atoms with Crippen molar-refractivity contribution in [1.29, 1.82) is 0 Å². The zero-order valence-electron chi connectivity index (χ0n) is 10.9. The molecule has 5 heteroatoms. The van der Waals surface area contributed by atoms with Gasteiger partial charge in [0.25, 0.3) is 0 Å². The van der Waals surface area contributed by atoms with Gasteiger partial charge in [0.05, 0.1) is 10.7 Å². The summed E-state index contributed by atoms with van der Waals surface area (Å²) in [6.45, 7) is 3.86. The molecule has 1 aliphatic rings. The largest absolute Gasteiger partial charge is 0.356 e. The fourth-order valence-corrected chi connectivity index (χ4v) is 2.96. The minimum atomic E-state index is 0.153. The van der Waals surface area contributed by atoms with Gasteiger partial charge in [-0.3, -0.25) is 4.79 Å². The first-order valence-corrected chi connectivity index (χ1v) is 7.59. The lowest BCUT2D eigenvalue weighted by Gasteiger charge is -2.09. The van der Waals surface area contributed by atoms with E-state index >= 15 is 0 Å². The number of aryl methyl sites for hydroxylation is 1. The Morgan fingerprint density at radius 3 is 3.22 bits per heavy atom. The highest BCUT2D eigenvalue weighted by atomic mass is 32.1. The molecule has 100 valence electrons. The van der Waals surface area contributed by atoms with Gasteiger partial charge in [-0.25, -0.2) is 4.98 Å². The molecule has 1 fully saturated rings. The summed E-state index contributed by atoms with van der Waals surface area (Å²) < 4.78 is 0. The summed E-state index contributed by atoms with van der Waals surface area (Å²) in [5.41, 5.74) is 1.09. The van der Waals surface area contributed by atoms with Crippen LogP contribution in [0.5, 0.6) is 0 Å². The number of nitrogens with one attached hydrogen (secondary N) is 2. The number of nitrogens with zero attached hydrogens (tertiary/aromatic N) is 1. The smallest absolute Gasteiger partial charge is 0.221 e. The van der Waals surface area contributed by atoms with Crippen LogP contribution in [0, 0.1) is 0 Å². The Balaban J connectivity index is 1.63. The summed E-state index contributed by atoms with van der Waals surface area (Å²) >= 11 is 1.70. The second-order valence-electron chi connectivity index (χ2n) is 4.68. The molecule has 1 saturated heterocycles. The Kier molecular flexibility index (Phi) is 5.13. The van der Waals surface area contributed by atoms with Crippen LogP contribution in [0.3, 0.4) is 0 Å². The Morgan fingerprint density at radius 2 is 2.56 bits per heavy atom. The summed E-state index contributed by atoms with van der Waals surface area (Å²) in [6, 6.07) is 0.385. The van der Waals surface area contributed by atoms with E-state index in [9.17, 15) is 4.79 Å². The number of hydrogen-bond acceptors (Lipinski definition) is 4. The van der Waals surface area contributed by atoms with Crippen molar-refractivity contribution in [1.82, 2.24) is 15.6 Å². The maximum atomic E-state index is 11.7. The first-order chi connectivity index (χ1) is 8.78. The minimum Gasteiger partial charge on any atom is -0.356 e. The van der Waals surface area contributed by atoms with Crippen LogP contribution in [0.25, 0.3) is 0 Å². The molecule has 1 unspecified atom stereocenters. The van der Waals surface area contributed by atoms with Crippen LogP contribution < -0.4 is 10.6 Å². The molecule has 1 aromatic rings. The molecule has 1 aliphatic heterocycles. The van der Waals surface area contributed by atoms with E-state index in [1.165, 1.54) is 11.4 Å². The maximum Gasteiger partial charge on any atom is 0.221 e. The van der Waals surface area contributed by atoms with Gasteiger partial charge in [-0.05, 0) is 25.8 Å². The van der Waals surface area contributed by atoms with E-state index in [-0.39, 0.29) is 5.91 Å². The number of amides is 1. The summed E-state index contributed by atoms with van der Waals surface area (Å²) in [5.74, 6) is 0.153. The zero-order chi connectivity index (χ0) is 12.8. The topological polar surface area (TPSA) is 54.0 Å². The molecule has 0 aromatic carbocycles. The predicted molar refractivity (Wildman–Crippen MR) is 73.8 cm³/mol. The number of carbonyl (C=O) groups is 1. The number of rotatable bonds is 6. The molecule has 0 saturated carbocycles. The minimum absolute atomic E-state index is 0.153. The fraction of sp³-hybridized carbons (Fsp3) is 0.692. The fourth-order valence-electron chi connectivity index (χ4n) is 2.18. The number of aromatic nitrogens is 1. The number of thiazole rings is 1. The average molecular weight is 267 g/mol. The summed E-state index contributed by atoms with van der Waals surface area (Å²) in [4.78, 5) is 16.2. The molecule has 4 nitrogen and oxygen atoms in total. The monoisotopic (exact) mass is 267 g/mol. The Hall–Kier alpha value is -0.940. The molecule has 0 aliphatic carbocycles. The van der Waals surface area contributed by atoms with Crippen molar-refractivity contribution in [2.45, 2.75) is 45.1 Å². The average Bonchev–Trinajstić information content (AvgIpc) is 3.00. The highest BCUT2D eigenvalue weighted by Gasteiger charge is 2.17. The number of hydrogen-bond donors (Lipinski definition) is 2. The molecule has 0 radical (unpaired) electrons. The summed E-state index contributed by atoms with van der Waals surface area (Å²) in [6.07, 6.45) is 4.75. The van der Waals surface area contributed by atoms with Crippen LogP contribution in [-0.2, 0) is 17.6 Å². The third-order valence-electron chi connectivity index (χ3n) is 3.20. The quantitative estimate of drug-likeness (QED) is 0.821. The molecule has 0 bridgehead atoms. The zero-order valence-corrected chi connectivity index (χ0v) is 11.7. The van der Waals surface area contributed by atoms with E-state index in [1.807, 2.05) is 0 Å². The van der Waals surface area contributed by atoms with Gasteiger partial charge >= 0.3 is 0 Å². The van der Waals surface area contributed by atoms with Gasteiger partial charge in [0.2, 0.25) is 5.91 Å². The highest BCUT2D eigenvalue weighted by Crippen LogP contribution is 2.10. The van der Waals surface area contributed by atoms with Crippen LogP contribution in [0.1, 0.15) is 36.9 Å². The van der Waals surface area contributed by atoms with E-state index in [2.05, 4.69) is 27.9 Å². The first kappa shape index (κ1) is 13.5. The van der Waals surface area contributed by atoms with Gasteiger partial charge in [-0.15, -0.1) is 11.3 Å². The second kappa shape index (κ2) is 6.85. The van der Waals surface area contributed by atoms with Gasteiger partial charge in [0.15, 0.2) is 0 Å². The van der Waals surface area contributed by atoms with Crippen LogP contribution in [0.2, 0.25) is 0 Å². The molecule has 1 atom stereocenters. The third kappa shape index (κ3) is 4.07. The lowest BCUT2D eigenvalue weighted by Crippen LogP contribution is -2.32. The first-order valence-electron chi connectivity index (χ1n) is 6.71. The Labute approximate surface area is 112 Å². The van der Waals surface area contributed by atoms with Crippen LogP contribution in [-0.4, -0.2) is 30.0 Å². The maximum absolute atomic E-state index is 11.7. The van der Waals surface area contributed by atoms with Crippen molar-refractivity contribution in [3.63, 3.8) is 0 Å². The van der Waals surface area contributed by atoms with Gasteiger partial charge < -0.3 is 10.6 Å². The third-order valence-corrected chi connectivity index (χ3v) is 4.24. The lowest BCUT2D eigenvalue weighted by molar-refractivity contribution is -0.121. The van der Waals surface area contributed by atoms with Crippen molar-refractivity contribution in [2.75, 3.05) is 13.1 Å². The van der Waals surface area contributed by atoms with Crippen molar-refractivity contribution < 1.29 is 4.79 Å². The number of carbonyl (C=O) groups excluding carboxylic acids is 1. The van der Waals surface area contributed by atoms with E-state index in [0.29, 0.717) is 19.0 Å². The SMILES string of the molecule is CCc1nc(CCNC(=O)CC2CCCN2)cs1. The van der Waals surface area contributed by atoms with Gasteiger partial charge in [0, 0.05) is 30.8 Å². The van der Waals surface area contributed by atoms with E-state index in [4.69, 9.17) is 0 Å². The Bertz CT molecular complexity index is 385. The van der Waals surface area contributed by atoms with Gasteiger partial charge in [-0.2, -0.15) is 0 Å². The molecule has 1 aromatic heterocycles. The van der Waals surface area contributed by atoms with Crippen molar-refractivity contribution in [2.24, 2.45) is 0 Å². The van der Waals surface area contributed by atoms with E-state index in [1.54, 1.807) is 11.3 Å². The van der Waals surface area contributed by atoms with E-state index < -0.39 is 0 Å². The molecule has 2 heterocycles. The van der Waals surface area contributed by atoms with Gasteiger partial charge in [-0.1, -0.05) is 6.92 Å². The molecular weight excluding hydrogens is 246 g/mol. The Morgan fingerprint density at radius 1 is 1.67 bits per heavy atom. The molecule has 2 rings (SSSR count). The normalized spacial score (nSPS) is 19.1. The standard InChI is InChI=1S/C13H21N3OS/c1-2-13-16-11(9-18-13)5-7-15-12(17)8-10-4-3-6-14-10/h9-10,14H,2-8H2,1H3,(H,15,17).